The van der Waals surface area contributed by atoms with Gasteiger partial charge >= 0.3 is 0 Å². The Labute approximate surface area is 140 Å². The van der Waals surface area contributed by atoms with Crippen LogP contribution in [0.5, 0.6) is 0 Å². The Morgan fingerprint density at radius 1 is 1.18 bits per heavy atom. The Balaban J connectivity index is 2.26. The zero-order valence-corrected chi connectivity index (χ0v) is 13.8. The first-order chi connectivity index (χ1) is 10.7. The molecule has 0 aliphatic carbocycles. The van der Waals surface area contributed by atoms with E-state index in [1.54, 1.807) is 12.4 Å². The van der Waals surface area contributed by atoms with Gasteiger partial charge in [-0.2, -0.15) is 0 Å². The maximum atomic E-state index is 6.53. The third kappa shape index (κ3) is 4.73. The SMILES string of the molecule is CC(CCl)CONC(=C(Cl)c1cccnc1)c1ccccc1. The maximum Gasteiger partial charge on any atom is 0.0869 e. The van der Waals surface area contributed by atoms with Gasteiger partial charge in [0.2, 0.25) is 0 Å². The fourth-order valence-corrected chi connectivity index (χ4v) is 2.12. The van der Waals surface area contributed by atoms with Crippen LogP contribution in [0.15, 0.2) is 54.9 Å². The lowest BCUT2D eigenvalue weighted by atomic mass is 10.1. The molecule has 0 fully saturated rings. The predicted molar refractivity (Wildman–Crippen MR) is 92.3 cm³/mol. The summed E-state index contributed by atoms with van der Waals surface area (Å²) >= 11 is 12.3. The second-order valence-corrected chi connectivity index (χ2v) is 5.66. The summed E-state index contributed by atoms with van der Waals surface area (Å²) in [6.45, 7) is 2.51. The average molecular weight is 337 g/mol. The first kappa shape index (κ1) is 16.8. The molecule has 1 unspecified atom stereocenters. The molecule has 0 saturated carbocycles. The highest BCUT2D eigenvalue weighted by Gasteiger charge is 2.11. The molecule has 1 N–H and O–H groups in total. The number of alkyl halides is 1. The van der Waals surface area contributed by atoms with Crippen LogP contribution in [0.25, 0.3) is 10.7 Å². The van der Waals surface area contributed by atoms with Gasteiger partial charge in [0.05, 0.1) is 17.3 Å². The monoisotopic (exact) mass is 336 g/mol. The van der Waals surface area contributed by atoms with E-state index in [0.717, 1.165) is 11.1 Å². The quantitative estimate of drug-likeness (QED) is 0.595. The van der Waals surface area contributed by atoms with Crippen LogP contribution in [0.4, 0.5) is 0 Å². The van der Waals surface area contributed by atoms with Crippen LogP contribution in [0.3, 0.4) is 0 Å². The van der Waals surface area contributed by atoms with E-state index in [4.69, 9.17) is 28.0 Å². The summed E-state index contributed by atoms with van der Waals surface area (Å²) < 4.78 is 0. The third-order valence-corrected chi connectivity index (χ3v) is 3.94. The minimum Gasteiger partial charge on any atom is -0.276 e. The standard InChI is InChI=1S/C17H18Cl2N2O/c1-13(10-18)12-22-21-17(14-6-3-2-4-7-14)16(19)15-8-5-9-20-11-15/h2-9,11,13,21H,10,12H2,1H3. The van der Waals surface area contributed by atoms with Crippen molar-refractivity contribution < 1.29 is 4.84 Å². The number of nitrogens with one attached hydrogen (secondary N) is 1. The van der Waals surface area contributed by atoms with Gasteiger partial charge in [0.1, 0.15) is 0 Å². The number of pyridine rings is 1. The average Bonchev–Trinajstić information content (AvgIpc) is 2.59. The van der Waals surface area contributed by atoms with E-state index in [-0.39, 0.29) is 5.92 Å². The predicted octanol–water partition coefficient (Wildman–Crippen LogP) is 4.54. The lowest BCUT2D eigenvalue weighted by molar-refractivity contribution is 0.0590. The van der Waals surface area contributed by atoms with Crippen LogP contribution in [-0.2, 0) is 4.84 Å². The van der Waals surface area contributed by atoms with Crippen molar-refractivity contribution in [1.82, 2.24) is 10.5 Å². The van der Waals surface area contributed by atoms with Crippen LogP contribution in [0, 0.1) is 5.92 Å². The van der Waals surface area contributed by atoms with Gasteiger partial charge in [-0.25, -0.2) is 0 Å². The van der Waals surface area contributed by atoms with Crippen molar-refractivity contribution in [2.45, 2.75) is 6.92 Å². The summed E-state index contributed by atoms with van der Waals surface area (Å²) in [6.07, 6.45) is 3.43. The van der Waals surface area contributed by atoms with Crippen LogP contribution >= 0.6 is 23.2 Å². The fraction of sp³-hybridized carbons (Fsp3) is 0.235. The molecule has 0 aliphatic heterocycles. The first-order valence-corrected chi connectivity index (χ1v) is 7.93. The lowest BCUT2D eigenvalue weighted by Gasteiger charge is -2.15. The van der Waals surface area contributed by atoms with Crippen LogP contribution in [-0.4, -0.2) is 17.5 Å². The molecule has 1 heterocycles. The molecule has 0 radical (unpaired) electrons. The van der Waals surface area contributed by atoms with Crippen LogP contribution in [0.1, 0.15) is 18.1 Å². The molecule has 0 amide bonds. The zero-order valence-electron chi connectivity index (χ0n) is 12.3. The molecule has 1 aromatic carbocycles. The summed E-state index contributed by atoms with van der Waals surface area (Å²) in [6, 6.07) is 13.5. The lowest BCUT2D eigenvalue weighted by Crippen LogP contribution is -2.19. The van der Waals surface area contributed by atoms with Gasteiger partial charge in [-0.05, 0) is 12.0 Å². The van der Waals surface area contributed by atoms with Gasteiger partial charge in [-0.15, -0.1) is 11.6 Å². The molecule has 3 nitrogen and oxygen atoms in total. The maximum absolute atomic E-state index is 6.53. The number of benzene rings is 1. The summed E-state index contributed by atoms with van der Waals surface area (Å²) in [5, 5.41) is 0.554. The number of hydrogen-bond acceptors (Lipinski definition) is 3. The number of nitrogens with zero attached hydrogens (tertiary/aromatic N) is 1. The number of hydrogen-bond donors (Lipinski definition) is 1. The van der Waals surface area contributed by atoms with Crippen molar-refractivity contribution >= 4 is 33.9 Å². The van der Waals surface area contributed by atoms with E-state index in [1.807, 2.05) is 49.4 Å². The number of halogens is 2. The minimum absolute atomic E-state index is 0.253. The molecule has 5 heteroatoms. The van der Waals surface area contributed by atoms with Crippen LogP contribution < -0.4 is 5.48 Å². The first-order valence-electron chi connectivity index (χ1n) is 7.01. The highest BCUT2D eigenvalue weighted by molar-refractivity contribution is 6.52. The molecule has 0 spiro atoms. The molecular formula is C17H18Cl2N2O. The van der Waals surface area contributed by atoms with E-state index in [1.165, 1.54) is 0 Å². The molecule has 0 bridgehead atoms. The van der Waals surface area contributed by atoms with Crippen molar-refractivity contribution in [2.24, 2.45) is 5.92 Å². The van der Waals surface area contributed by atoms with Gasteiger partial charge in [0, 0.05) is 29.4 Å². The highest BCUT2D eigenvalue weighted by atomic mass is 35.5. The van der Waals surface area contributed by atoms with Gasteiger partial charge in [-0.1, -0.05) is 54.9 Å². The Morgan fingerprint density at radius 3 is 2.55 bits per heavy atom. The summed E-state index contributed by atoms with van der Waals surface area (Å²) in [7, 11) is 0. The second kappa shape index (κ2) is 8.79. The van der Waals surface area contributed by atoms with Crippen LogP contribution in [0.2, 0.25) is 0 Å². The molecule has 0 aliphatic rings. The smallest absolute Gasteiger partial charge is 0.0869 e. The number of rotatable bonds is 7. The Kier molecular flexibility index (Phi) is 6.72. The molecule has 2 aromatic rings. The molecule has 22 heavy (non-hydrogen) atoms. The topological polar surface area (TPSA) is 34.1 Å². The minimum atomic E-state index is 0.253. The molecule has 116 valence electrons. The van der Waals surface area contributed by atoms with E-state index in [2.05, 4.69) is 10.5 Å². The van der Waals surface area contributed by atoms with Crippen molar-refractivity contribution in [3.63, 3.8) is 0 Å². The Bertz CT molecular complexity index is 603. The van der Waals surface area contributed by atoms with Crippen molar-refractivity contribution in [3.05, 3.63) is 66.0 Å². The van der Waals surface area contributed by atoms with E-state index < -0.39 is 0 Å². The third-order valence-electron chi connectivity index (χ3n) is 3.00. The van der Waals surface area contributed by atoms with E-state index in [0.29, 0.717) is 23.2 Å². The van der Waals surface area contributed by atoms with Gasteiger partial charge in [0.25, 0.3) is 0 Å². The fourth-order valence-electron chi connectivity index (χ4n) is 1.77. The molecular weight excluding hydrogens is 319 g/mol. The van der Waals surface area contributed by atoms with E-state index >= 15 is 0 Å². The Morgan fingerprint density at radius 2 is 1.91 bits per heavy atom. The summed E-state index contributed by atoms with van der Waals surface area (Å²) in [5.41, 5.74) is 5.43. The van der Waals surface area contributed by atoms with Gasteiger partial charge < -0.3 is 0 Å². The van der Waals surface area contributed by atoms with E-state index in [9.17, 15) is 0 Å². The van der Waals surface area contributed by atoms with Crippen molar-refractivity contribution in [1.29, 1.82) is 0 Å². The van der Waals surface area contributed by atoms with Gasteiger partial charge in [-0.3, -0.25) is 15.3 Å². The van der Waals surface area contributed by atoms with Gasteiger partial charge in [0.15, 0.2) is 0 Å². The number of aromatic nitrogens is 1. The molecule has 0 saturated heterocycles. The molecule has 2 rings (SSSR count). The summed E-state index contributed by atoms with van der Waals surface area (Å²) in [5.74, 6) is 0.797. The molecule has 1 atom stereocenters. The zero-order chi connectivity index (χ0) is 15.8. The normalized spacial score (nSPS) is 13.4. The Hall–Kier alpha value is -1.55. The van der Waals surface area contributed by atoms with Crippen molar-refractivity contribution in [2.75, 3.05) is 12.5 Å². The largest absolute Gasteiger partial charge is 0.276 e. The highest BCUT2D eigenvalue weighted by Crippen LogP contribution is 2.27. The summed E-state index contributed by atoms with van der Waals surface area (Å²) in [4.78, 5) is 9.65. The van der Waals surface area contributed by atoms with Crippen molar-refractivity contribution in [3.8, 4) is 0 Å². The molecule has 1 aromatic heterocycles. The number of hydroxylamine groups is 1. The second-order valence-electron chi connectivity index (χ2n) is 4.97.